The van der Waals surface area contributed by atoms with Crippen molar-refractivity contribution >= 4 is 5.69 Å². The number of anilines is 1. The highest BCUT2D eigenvalue weighted by atomic mass is 19.4. The lowest BCUT2D eigenvalue weighted by Crippen LogP contribution is -2.55. The fourth-order valence-corrected chi connectivity index (χ4v) is 3.66. The summed E-state index contributed by atoms with van der Waals surface area (Å²) in [5.41, 5.74) is 4.83. The molecule has 1 saturated heterocycles. The van der Waals surface area contributed by atoms with E-state index < -0.39 is 48.9 Å². The summed E-state index contributed by atoms with van der Waals surface area (Å²) in [5.74, 6) is 0. The van der Waals surface area contributed by atoms with Crippen LogP contribution in [0.3, 0.4) is 0 Å². The summed E-state index contributed by atoms with van der Waals surface area (Å²) in [4.78, 5) is 0. The number of aliphatic hydroxyl groups excluding tert-OH is 4. The van der Waals surface area contributed by atoms with Crippen molar-refractivity contribution in [2.45, 2.75) is 55.6 Å². The van der Waals surface area contributed by atoms with E-state index in [2.05, 4.69) is 0 Å². The third kappa shape index (κ3) is 4.61. The maximum Gasteiger partial charge on any atom is 0.421 e. The summed E-state index contributed by atoms with van der Waals surface area (Å²) in [6, 6.07) is 10.1. The zero-order valence-corrected chi connectivity index (χ0v) is 17.2. The first-order chi connectivity index (χ1) is 14.9. The van der Waals surface area contributed by atoms with E-state index >= 15 is 0 Å². The third-order valence-electron chi connectivity index (χ3n) is 5.85. The van der Waals surface area contributed by atoms with Gasteiger partial charge in [0.15, 0.2) is 5.60 Å². The van der Waals surface area contributed by atoms with Crippen molar-refractivity contribution in [1.29, 1.82) is 0 Å². The van der Waals surface area contributed by atoms with Crippen molar-refractivity contribution < 1.29 is 43.4 Å². The van der Waals surface area contributed by atoms with Crippen molar-refractivity contribution in [3.8, 4) is 0 Å². The number of benzene rings is 2. The van der Waals surface area contributed by atoms with Gasteiger partial charge in [-0.1, -0.05) is 36.4 Å². The summed E-state index contributed by atoms with van der Waals surface area (Å²) in [5, 5.41) is 49.5. The minimum atomic E-state index is -4.82. The molecule has 0 saturated carbocycles. The fraction of sp³-hybridized carbons (Fsp3) is 0.455. The van der Waals surface area contributed by atoms with Crippen molar-refractivity contribution in [2.75, 3.05) is 12.3 Å². The van der Waals surface area contributed by atoms with E-state index in [4.69, 9.17) is 10.5 Å². The SMILES string of the molecule is CC(O)(c1ccc(Cc2cc([C@@H]3O[C@H](CO)[C@@H](O)C(O)[C@H]3O)ccc2N)cc1)C(F)(F)F. The Kier molecular flexibility index (Phi) is 6.85. The highest BCUT2D eigenvalue weighted by molar-refractivity contribution is 5.51. The number of hydrogen-bond donors (Lipinski definition) is 6. The van der Waals surface area contributed by atoms with Crippen LogP contribution in [0, 0.1) is 0 Å². The molecule has 2 aromatic rings. The van der Waals surface area contributed by atoms with Crippen LogP contribution < -0.4 is 5.73 Å². The minimum absolute atomic E-state index is 0.242. The molecule has 7 nitrogen and oxygen atoms in total. The van der Waals surface area contributed by atoms with Crippen molar-refractivity contribution in [2.24, 2.45) is 0 Å². The van der Waals surface area contributed by atoms with Crippen LogP contribution in [0.5, 0.6) is 0 Å². The number of nitrogens with two attached hydrogens (primary N) is 1. The van der Waals surface area contributed by atoms with Gasteiger partial charge in [0.05, 0.1) is 6.61 Å². The monoisotopic (exact) mass is 457 g/mol. The Hall–Kier alpha value is -2.21. The van der Waals surface area contributed by atoms with E-state index in [9.17, 15) is 38.7 Å². The molecule has 0 spiro atoms. The second-order valence-electron chi connectivity index (χ2n) is 8.15. The van der Waals surface area contributed by atoms with E-state index in [1.54, 1.807) is 18.2 Å². The predicted molar refractivity (Wildman–Crippen MR) is 108 cm³/mol. The molecule has 0 amide bonds. The van der Waals surface area contributed by atoms with Gasteiger partial charge < -0.3 is 36.0 Å². The first-order valence-electron chi connectivity index (χ1n) is 9.94. The van der Waals surface area contributed by atoms with Gasteiger partial charge in [0, 0.05) is 5.69 Å². The number of alkyl halides is 3. The Labute approximate surface area is 182 Å². The first kappa shape index (κ1) is 24.4. The summed E-state index contributed by atoms with van der Waals surface area (Å²) in [7, 11) is 0. The maximum absolute atomic E-state index is 13.0. The number of halogens is 3. The molecule has 1 fully saturated rings. The zero-order chi connectivity index (χ0) is 23.8. The largest absolute Gasteiger partial charge is 0.421 e. The molecular weight excluding hydrogens is 431 g/mol. The molecule has 1 heterocycles. The van der Waals surface area contributed by atoms with Crippen LogP contribution in [0.2, 0.25) is 0 Å². The quantitative estimate of drug-likeness (QED) is 0.371. The third-order valence-corrected chi connectivity index (χ3v) is 5.85. The summed E-state index contributed by atoms with van der Waals surface area (Å²) < 4.78 is 44.6. The van der Waals surface area contributed by atoms with E-state index in [1.165, 1.54) is 24.3 Å². The van der Waals surface area contributed by atoms with Crippen LogP contribution in [0.4, 0.5) is 18.9 Å². The Morgan fingerprint density at radius 1 is 0.969 bits per heavy atom. The van der Waals surface area contributed by atoms with E-state index in [0.717, 1.165) is 0 Å². The van der Waals surface area contributed by atoms with Gasteiger partial charge >= 0.3 is 6.18 Å². The molecule has 3 rings (SSSR count). The van der Waals surface area contributed by atoms with Crippen molar-refractivity contribution in [3.63, 3.8) is 0 Å². The molecule has 1 aliphatic rings. The zero-order valence-electron chi connectivity index (χ0n) is 17.2. The van der Waals surface area contributed by atoms with E-state index in [0.29, 0.717) is 29.3 Å². The second-order valence-corrected chi connectivity index (χ2v) is 8.15. The average molecular weight is 457 g/mol. The van der Waals surface area contributed by atoms with Crippen LogP contribution >= 0.6 is 0 Å². The molecular formula is C22H26F3NO6. The van der Waals surface area contributed by atoms with Gasteiger partial charge in [-0.25, -0.2) is 0 Å². The van der Waals surface area contributed by atoms with Gasteiger partial charge in [0.1, 0.15) is 30.5 Å². The highest BCUT2D eigenvalue weighted by Gasteiger charge is 2.51. The average Bonchev–Trinajstić information content (AvgIpc) is 2.74. The summed E-state index contributed by atoms with van der Waals surface area (Å²) in [6.07, 6.45) is -11.1. The van der Waals surface area contributed by atoms with Crippen LogP contribution in [-0.2, 0) is 16.8 Å². The van der Waals surface area contributed by atoms with Gasteiger partial charge in [0.2, 0.25) is 0 Å². The van der Waals surface area contributed by atoms with E-state index in [-0.39, 0.29) is 12.0 Å². The Bertz CT molecular complexity index is 932. The van der Waals surface area contributed by atoms with Gasteiger partial charge in [-0.15, -0.1) is 0 Å². The van der Waals surface area contributed by atoms with Crippen molar-refractivity contribution in [3.05, 3.63) is 64.7 Å². The topological polar surface area (TPSA) is 136 Å². The second kappa shape index (κ2) is 8.97. The number of nitrogen functional groups attached to an aromatic ring is 1. The Morgan fingerprint density at radius 2 is 1.59 bits per heavy atom. The molecule has 176 valence electrons. The molecule has 2 aromatic carbocycles. The number of hydrogen-bond acceptors (Lipinski definition) is 7. The van der Waals surface area contributed by atoms with Crippen LogP contribution in [0.1, 0.15) is 35.3 Å². The number of rotatable bonds is 5. The Balaban J connectivity index is 1.84. The van der Waals surface area contributed by atoms with Crippen LogP contribution in [0.25, 0.3) is 0 Å². The predicted octanol–water partition coefficient (Wildman–Crippen LogP) is 1.14. The molecule has 0 radical (unpaired) electrons. The number of ether oxygens (including phenoxy) is 1. The molecule has 0 aliphatic carbocycles. The fourth-order valence-electron chi connectivity index (χ4n) is 3.66. The van der Waals surface area contributed by atoms with E-state index in [1.807, 2.05) is 0 Å². The lowest BCUT2D eigenvalue weighted by Gasteiger charge is -2.40. The normalized spacial score (nSPS) is 28.3. The minimum Gasteiger partial charge on any atom is -0.398 e. The standard InChI is InChI=1S/C22H26F3NO6/c1-21(31,22(23,24)25)14-5-2-11(3-6-14)8-13-9-12(4-7-15(13)26)20-19(30)18(29)17(28)16(10-27)32-20/h2-7,9,16-20,27-31H,8,10,26H2,1H3/t16-,17-,18?,19-,20+,21?/m1/s1. The summed E-state index contributed by atoms with van der Waals surface area (Å²) >= 11 is 0. The van der Waals surface area contributed by atoms with Crippen molar-refractivity contribution in [1.82, 2.24) is 0 Å². The lowest BCUT2D eigenvalue weighted by atomic mass is 9.89. The number of aliphatic hydroxyl groups is 5. The first-order valence-corrected chi connectivity index (χ1v) is 9.94. The molecule has 0 bridgehead atoms. The van der Waals surface area contributed by atoms with Gasteiger partial charge in [0.25, 0.3) is 0 Å². The molecule has 0 aromatic heterocycles. The molecule has 32 heavy (non-hydrogen) atoms. The van der Waals surface area contributed by atoms with Gasteiger partial charge in [-0.05, 0) is 41.7 Å². The van der Waals surface area contributed by atoms with Gasteiger partial charge in [-0.3, -0.25) is 0 Å². The molecule has 10 heteroatoms. The van der Waals surface area contributed by atoms with Crippen LogP contribution in [-0.4, -0.2) is 62.7 Å². The molecule has 2 unspecified atom stereocenters. The lowest BCUT2D eigenvalue weighted by molar-refractivity contribution is -0.258. The van der Waals surface area contributed by atoms with Gasteiger partial charge in [-0.2, -0.15) is 13.2 Å². The van der Waals surface area contributed by atoms with Crippen LogP contribution in [0.15, 0.2) is 42.5 Å². The molecule has 6 atom stereocenters. The Morgan fingerprint density at radius 3 is 2.16 bits per heavy atom. The highest BCUT2D eigenvalue weighted by Crippen LogP contribution is 2.39. The smallest absolute Gasteiger partial charge is 0.398 e. The summed E-state index contributed by atoms with van der Waals surface area (Å²) in [6.45, 7) is 0.126. The molecule has 1 aliphatic heterocycles. The maximum atomic E-state index is 13.0. The molecule has 7 N–H and O–H groups in total.